The largest absolute Gasteiger partial charge is 0.356 e. The van der Waals surface area contributed by atoms with Gasteiger partial charge < -0.3 is 10.2 Å². The van der Waals surface area contributed by atoms with Gasteiger partial charge in [-0.2, -0.15) is 0 Å². The average molecular weight is 304 g/mol. The Labute approximate surface area is 130 Å². The molecule has 3 rings (SSSR count). The van der Waals surface area contributed by atoms with Crippen molar-refractivity contribution in [1.82, 2.24) is 15.3 Å². The van der Waals surface area contributed by atoms with Crippen LogP contribution in [0.15, 0.2) is 12.4 Å². The van der Waals surface area contributed by atoms with Gasteiger partial charge in [0, 0.05) is 24.0 Å². The van der Waals surface area contributed by atoms with E-state index >= 15 is 0 Å². The normalized spacial score (nSPS) is 19.6. The number of fused-ring (bicyclic) bond motifs is 1. The quantitative estimate of drug-likeness (QED) is 0.941. The lowest BCUT2D eigenvalue weighted by Crippen LogP contribution is -2.41. The molecule has 114 valence electrons. The maximum Gasteiger partial charge on any atom is 0.140 e. The van der Waals surface area contributed by atoms with Gasteiger partial charge in [0.25, 0.3) is 0 Å². The van der Waals surface area contributed by atoms with Crippen molar-refractivity contribution in [3.63, 3.8) is 0 Å². The van der Waals surface area contributed by atoms with Crippen LogP contribution in [0.1, 0.15) is 31.6 Å². The number of anilines is 1. The number of piperidine rings is 1. The summed E-state index contributed by atoms with van der Waals surface area (Å²) in [4.78, 5) is 13.8. The van der Waals surface area contributed by atoms with Gasteiger partial charge in [-0.1, -0.05) is 13.8 Å². The first-order chi connectivity index (χ1) is 10.1. The minimum absolute atomic E-state index is 0.561. The smallest absolute Gasteiger partial charge is 0.140 e. The lowest BCUT2D eigenvalue weighted by atomic mass is 9.97. The summed E-state index contributed by atoms with van der Waals surface area (Å²) in [5, 5.41) is 4.79. The van der Waals surface area contributed by atoms with Crippen molar-refractivity contribution in [3.05, 3.63) is 17.3 Å². The molecule has 5 heteroatoms. The minimum Gasteiger partial charge on any atom is -0.356 e. The van der Waals surface area contributed by atoms with Crippen LogP contribution in [0.5, 0.6) is 0 Å². The number of nitrogens with zero attached hydrogens (tertiary/aromatic N) is 3. The summed E-state index contributed by atoms with van der Waals surface area (Å²) in [5.41, 5.74) is 0. The van der Waals surface area contributed by atoms with E-state index in [1.54, 1.807) is 17.7 Å². The molecule has 21 heavy (non-hydrogen) atoms. The molecule has 4 nitrogen and oxygen atoms in total. The van der Waals surface area contributed by atoms with Crippen LogP contribution in [-0.2, 0) is 0 Å². The van der Waals surface area contributed by atoms with Crippen molar-refractivity contribution in [1.29, 1.82) is 0 Å². The SMILES string of the molecule is Cc1cc2c(N3CCCC(CNC(C)C)C3)ncnc2s1. The lowest BCUT2D eigenvalue weighted by Gasteiger charge is -2.34. The molecule has 0 amide bonds. The molecule has 1 N–H and O–H groups in total. The highest BCUT2D eigenvalue weighted by Crippen LogP contribution is 2.31. The van der Waals surface area contributed by atoms with E-state index in [1.807, 2.05) is 0 Å². The van der Waals surface area contributed by atoms with Crippen molar-refractivity contribution in [3.8, 4) is 0 Å². The summed E-state index contributed by atoms with van der Waals surface area (Å²) in [7, 11) is 0. The Hall–Kier alpha value is -1.20. The van der Waals surface area contributed by atoms with Crippen molar-refractivity contribution in [2.24, 2.45) is 5.92 Å². The Kier molecular flexibility index (Phi) is 4.40. The van der Waals surface area contributed by atoms with Gasteiger partial charge in [0.05, 0.1) is 5.39 Å². The Morgan fingerprint density at radius 3 is 3.10 bits per heavy atom. The highest BCUT2D eigenvalue weighted by Gasteiger charge is 2.22. The monoisotopic (exact) mass is 304 g/mol. The summed E-state index contributed by atoms with van der Waals surface area (Å²) in [5.74, 6) is 1.84. The summed E-state index contributed by atoms with van der Waals surface area (Å²) >= 11 is 1.76. The third-order valence-corrected chi connectivity index (χ3v) is 5.02. The summed E-state index contributed by atoms with van der Waals surface area (Å²) < 4.78 is 0. The number of rotatable bonds is 4. The fourth-order valence-electron chi connectivity index (χ4n) is 3.04. The second-order valence-electron chi connectivity index (χ2n) is 6.29. The molecule has 0 spiro atoms. The molecular formula is C16H24N4S. The third kappa shape index (κ3) is 3.35. The molecule has 0 aliphatic carbocycles. The van der Waals surface area contributed by atoms with E-state index in [2.05, 4.69) is 47.0 Å². The van der Waals surface area contributed by atoms with E-state index in [1.165, 1.54) is 23.1 Å². The molecule has 1 aliphatic heterocycles. The van der Waals surface area contributed by atoms with Crippen molar-refractivity contribution >= 4 is 27.4 Å². The van der Waals surface area contributed by atoms with Crippen LogP contribution in [0.25, 0.3) is 10.2 Å². The molecule has 1 atom stereocenters. The van der Waals surface area contributed by atoms with Gasteiger partial charge in [0.2, 0.25) is 0 Å². The molecule has 1 saturated heterocycles. The first-order valence-corrected chi connectivity index (χ1v) is 8.64. The molecule has 1 unspecified atom stereocenters. The van der Waals surface area contributed by atoms with Gasteiger partial charge in [0.1, 0.15) is 17.0 Å². The molecule has 1 fully saturated rings. The van der Waals surface area contributed by atoms with Crippen LogP contribution in [-0.4, -0.2) is 35.6 Å². The molecule has 1 aliphatic rings. The van der Waals surface area contributed by atoms with E-state index < -0.39 is 0 Å². The lowest BCUT2D eigenvalue weighted by molar-refractivity contribution is 0.378. The van der Waals surface area contributed by atoms with Crippen LogP contribution in [0, 0.1) is 12.8 Å². The zero-order chi connectivity index (χ0) is 14.8. The molecule has 0 saturated carbocycles. The van der Waals surface area contributed by atoms with Crippen LogP contribution >= 0.6 is 11.3 Å². The van der Waals surface area contributed by atoms with E-state index in [0.29, 0.717) is 12.0 Å². The van der Waals surface area contributed by atoms with Crippen molar-refractivity contribution in [2.45, 2.75) is 39.7 Å². The molecule has 2 aromatic heterocycles. The topological polar surface area (TPSA) is 41.0 Å². The van der Waals surface area contributed by atoms with Gasteiger partial charge in [-0.15, -0.1) is 11.3 Å². The van der Waals surface area contributed by atoms with E-state index in [9.17, 15) is 0 Å². The predicted octanol–water partition coefficient (Wildman–Crippen LogP) is 3.21. The summed E-state index contributed by atoms with van der Waals surface area (Å²) in [6, 6.07) is 2.79. The summed E-state index contributed by atoms with van der Waals surface area (Å²) in [6.07, 6.45) is 4.27. The van der Waals surface area contributed by atoms with Gasteiger partial charge in [-0.05, 0) is 38.3 Å². The zero-order valence-corrected chi connectivity index (χ0v) is 13.9. The second-order valence-corrected chi connectivity index (χ2v) is 7.53. The Morgan fingerprint density at radius 1 is 1.43 bits per heavy atom. The first kappa shape index (κ1) is 14.7. The fourth-order valence-corrected chi connectivity index (χ4v) is 3.88. The predicted molar refractivity (Wildman–Crippen MR) is 90.2 cm³/mol. The Bertz CT molecular complexity index is 607. The molecule has 0 aromatic carbocycles. The Morgan fingerprint density at radius 2 is 2.29 bits per heavy atom. The number of thiophene rings is 1. The van der Waals surface area contributed by atoms with E-state index in [0.717, 1.165) is 30.3 Å². The maximum atomic E-state index is 4.57. The number of aryl methyl sites for hydroxylation is 1. The second kappa shape index (κ2) is 6.28. The van der Waals surface area contributed by atoms with E-state index in [-0.39, 0.29) is 0 Å². The van der Waals surface area contributed by atoms with Gasteiger partial charge in [-0.25, -0.2) is 9.97 Å². The van der Waals surface area contributed by atoms with Crippen molar-refractivity contribution in [2.75, 3.05) is 24.5 Å². The molecular weight excluding hydrogens is 280 g/mol. The highest BCUT2D eigenvalue weighted by molar-refractivity contribution is 7.18. The van der Waals surface area contributed by atoms with Crippen LogP contribution < -0.4 is 10.2 Å². The molecule has 2 aromatic rings. The van der Waals surface area contributed by atoms with Crippen LogP contribution in [0.2, 0.25) is 0 Å². The van der Waals surface area contributed by atoms with Gasteiger partial charge in [-0.3, -0.25) is 0 Å². The van der Waals surface area contributed by atoms with E-state index in [4.69, 9.17) is 0 Å². The maximum absolute atomic E-state index is 4.57. The van der Waals surface area contributed by atoms with Crippen LogP contribution in [0.3, 0.4) is 0 Å². The number of hydrogen-bond donors (Lipinski definition) is 1. The minimum atomic E-state index is 0.561. The number of aromatic nitrogens is 2. The molecule has 3 heterocycles. The number of nitrogens with one attached hydrogen (secondary N) is 1. The standard InChI is InChI=1S/C16H24N4S/c1-11(2)17-8-13-5-4-6-20(9-13)15-14-7-12(3)21-16(14)19-10-18-15/h7,10-11,13,17H,4-6,8-9H2,1-3H3. The fraction of sp³-hybridized carbons (Fsp3) is 0.625. The van der Waals surface area contributed by atoms with Crippen molar-refractivity contribution < 1.29 is 0 Å². The number of hydrogen-bond acceptors (Lipinski definition) is 5. The highest BCUT2D eigenvalue weighted by atomic mass is 32.1. The molecule has 0 bridgehead atoms. The van der Waals surface area contributed by atoms with Gasteiger partial charge in [0.15, 0.2) is 0 Å². The first-order valence-electron chi connectivity index (χ1n) is 7.83. The molecule has 0 radical (unpaired) electrons. The summed E-state index contributed by atoms with van der Waals surface area (Å²) in [6.45, 7) is 9.87. The average Bonchev–Trinajstić information content (AvgIpc) is 2.85. The zero-order valence-electron chi connectivity index (χ0n) is 13.1. The Balaban J connectivity index is 1.78. The van der Waals surface area contributed by atoms with Crippen LogP contribution in [0.4, 0.5) is 5.82 Å². The third-order valence-electron chi connectivity index (χ3n) is 4.06. The van der Waals surface area contributed by atoms with Gasteiger partial charge >= 0.3 is 0 Å².